The second kappa shape index (κ2) is 7.54. The molecule has 0 spiro atoms. The Bertz CT molecular complexity index is 1040. The number of aromatic amines is 1. The number of nitrogens with one attached hydrogen (secondary N) is 1. The van der Waals surface area contributed by atoms with E-state index in [1.54, 1.807) is 4.90 Å². The fraction of sp³-hybridized carbons (Fsp3) is 0.435. The van der Waals surface area contributed by atoms with E-state index in [0.717, 1.165) is 24.1 Å². The summed E-state index contributed by atoms with van der Waals surface area (Å²) in [6, 6.07) is 4.97. The molecule has 1 aliphatic carbocycles. The van der Waals surface area contributed by atoms with Crippen molar-refractivity contribution >= 4 is 58.1 Å². The van der Waals surface area contributed by atoms with E-state index in [4.69, 9.17) is 0 Å². The number of fused-ring (bicyclic) bond motifs is 2. The monoisotopic (exact) mass is 567 g/mol. The molecular weight excluding hydrogens is 541 g/mol. The van der Waals surface area contributed by atoms with Crippen molar-refractivity contribution in [3.8, 4) is 0 Å². The molecule has 4 nitrogen and oxygen atoms in total. The van der Waals surface area contributed by atoms with Crippen LogP contribution in [0.15, 0.2) is 35.5 Å². The van der Waals surface area contributed by atoms with E-state index in [1.807, 2.05) is 20.2 Å². The summed E-state index contributed by atoms with van der Waals surface area (Å²) in [5.74, 6) is 0.0779. The summed E-state index contributed by atoms with van der Waals surface area (Å²) in [6.45, 7) is 5.52. The number of alkyl halides is 3. The van der Waals surface area contributed by atoms with Crippen molar-refractivity contribution in [2.45, 2.75) is 16.9 Å². The molecule has 3 heterocycles. The van der Waals surface area contributed by atoms with Crippen LogP contribution in [0, 0.1) is 5.92 Å². The van der Waals surface area contributed by atoms with Gasteiger partial charge in [-0.15, -0.1) is 0 Å². The van der Waals surface area contributed by atoms with Crippen molar-refractivity contribution in [3.05, 3.63) is 52.2 Å². The van der Waals surface area contributed by atoms with Gasteiger partial charge in [0.25, 0.3) is 0 Å². The molecule has 2 atom stereocenters. The molecule has 1 saturated heterocycles. The van der Waals surface area contributed by atoms with Crippen LogP contribution >= 0.6 is 35.7 Å². The van der Waals surface area contributed by atoms with E-state index < -0.39 is 19.8 Å². The number of hydrogen-bond acceptors (Lipinski definition) is 2. The van der Waals surface area contributed by atoms with E-state index in [0.29, 0.717) is 6.04 Å². The molecule has 1 aromatic heterocycles. The average Bonchev–Trinajstić information content (AvgIpc) is 3.46. The summed E-state index contributed by atoms with van der Waals surface area (Å²) >= 11 is 3.18. The molecule has 29 heavy (non-hydrogen) atoms. The van der Waals surface area contributed by atoms with Gasteiger partial charge >= 0.3 is 189 Å². The molecule has 0 radical (unpaired) electrons. The van der Waals surface area contributed by atoms with Gasteiger partial charge in [0.1, 0.15) is 0 Å². The standard InChI is InChI=1S/C23H27BrIN3O/c1-4-9-28-13-15(23(29)27(2)3)10-17-16-6-5-14(12-25-7-8-25)21-20(16)18(11-19(17)28)22(24)26-21/h4-6,10,15,19,26H,1,7-9,11-13H2,2-3H3/t15-,19-/m1/s1. The first-order valence-corrected chi connectivity index (χ1v) is 15.5. The van der Waals surface area contributed by atoms with Crippen LogP contribution < -0.4 is 0 Å². The third kappa shape index (κ3) is 3.41. The number of amides is 1. The predicted molar refractivity (Wildman–Crippen MR) is 133 cm³/mol. The number of hydrogen-bond donors (Lipinski definition) is 1. The summed E-state index contributed by atoms with van der Waals surface area (Å²) in [5.41, 5.74) is 6.84. The van der Waals surface area contributed by atoms with E-state index in [2.05, 4.69) is 50.6 Å². The van der Waals surface area contributed by atoms with Gasteiger partial charge in [-0.1, -0.05) is 0 Å². The minimum absolute atomic E-state index is 0.102. The number of benzene rings is 1. The molecule has 0 unspecified atom stereocenters. The van der Waals surface area contributed by atoms with Crippen molar-refractivity contribution in [3.63, 3.8) is 0 Å². The predicted octanol–water partition coefficient (Wildman–Crippen LogP) is 4.46. The van der Waals surface area contributed by atoms with Crippen LogP contribution in [0.5, 0.6) is 0 Å². The number of carbonyl (C=O) groups is 1. The van der Waals surface area contributed by atoms with Gasteiger partial charge in [-0.25, -0.2) is 0 Å². The molecular formula is C23H27BrIN3O. The summed E-state index contributed by atoms with van der Waals surface area (Å²) < 4.78 is 5.48. The second-order valence-electron chi connectivity index (χ2n) is 8.44. The van der Waals surface area contributed by atoms with Gasteiger partial charge in [0.05, 0.1) is 0 Å². The Morgan fingerprint density at radius 2 is 2.21 bits per heavy atom. The Morgan fingerprint density at radius 3 is 2.90 bits per heavy atom. The topological polar surface area (TPSA) is 39.3 Å². The third-order valence-corrected chi connectivity index (χ3v) is 11.5. The van der Waals surface area contributed by atoms with Crippen LogP contribution in [0.25, 0.3) is 16.5 Å². The molecule has 1 N–H and O–H groups in total. The van der Waals surface area contributed by atoms with Crippen molar-refractivity contribution in [1.29, 1.82) is 0 Å². The molecule has 3 aliphatic rings. The fourth-order valence-electron chi connectivity index (χ4n) is 4.84. The maximum absolute atomic E-state index is 12.8. The van der Waals surface area contributed by atoms with Crippen LogP contribution in [-0.2, 0) is 15.6 Å². The number of nitrogens with zero attached hydrogens (tertiary/aromatic N) is 2. The van der Waals surface area contributed by atoms with Crippen molar-refractivity contribution < 1.29 is 4.79 Å². The van der Waals surface area contributed by atoms with Gasteiger partial charge < -0.3 is 0 Å². The van der Waals surface area contributed by atoms with Gasteiger partial charge in [0.2, 0.25) is 0 Å². The zero-order chi connectivity index (χ0) is 20.3. The van der Waals surface area contributed by atoms with Gasteiger partial charge in [0.15, 0.2) is 0 Å². The summed E-state index contributed by atoms with van der Waals surface area (Å²) in [7, 11) is 3.70. The van der Waals surface area contributed by atoms with Gasteiger partial charge in [-0.3, -0.25) is 0 Å². The molecule has 154 valence electrons. The first-order chi connectivity index (χ1) is 14.0. The summed E-state index contributed by atoms with van der Waals surface area (Å²) in [6.07, 6.45) is 5.19. The molecule has 1 amide bonds. The molecule has 2 aromatic rings. The van der Waals surface area contributed by atoms with Crippen LogP contribution in [0.1, 0.15) is 16.7 Å². The van der Waals surface area contributed by atoms with Crippen LogP contribution in [-0.4, -0.2) is 62.8 Å². The first kappa shape index (κ1) is 19.8. The zero-order valence-corrected chi connectivity index (χ0v) is 20.7. The molecule has 5 rings (SSSR count). The van der Waals surface area contributed by atoms with Crippen LogP contribution in [0.2, 0.25) is 0 Å². The number of carbonyl (C=O) groups excluding carboxylic acids is 1. The molecule has 6 heteroatoms. The van der Waals surface area contributed by atoms with Gasteiger partial charge in [-0.2, -0.15) is 0 Å². The Morgan fingerprint density at radius 1 is 1.41 bits per heavy atom. The molecule has 1 aromatic carbocycles. The van der Waals surface area contributed by atoms with Gasteiger partial charge in [0, 0.05) is 0 Å². The Labute approximate surface area is 187 Å². The van der Waals surface area contributed by atoms with E-state index in [9.17, 15) is 4.79 Å². The number of H-pyrrole nitrogens is 1. The van der Waals surface area contributed by atoms with Gasteiger partial charge in [-0.05, 0) is 0 Å². The second-order valence-corrected chi connectivity index (χ2v) is 15.4. The Hall–Kier alpha value is -1.12. The molecule has 0 saturated carbocycles. The number of rotatable bonds is 5. The van der Waals surface area contributed by atoms with E-state index >= 15 is 0 Å². The first-order valence-electron chi connectivity index (χ1n) is 10.2. The Kier molecular flexibility index (Phi) is 5.15. The molecule has 2 aliphatic heterocycles. The minimum atomic E-state index is -0.642. The number of aromatic nitrogens is 1. The number of halogens is 2. The average molecular weight is 568 g/mol. The quantitative estimate of drug-likeness (QED) is 0.329. The summed E-state index contributed by atoms with van der Waals surface area (Å²) in [4.78, 5) is 20.6. The van der Waals surface area contributed by atoms with E-state index in [-0.39, 0.29) is 11.8 Å². The van der Waals surface area contributed by atoms with Crippen molar-refractivity contribution in [2.24, 2.45) is 5.92 Å². The Balaban J connectivity index is 1.65. The molecule has 0 bridgehead atoms. The zero-order valence-electron chi connectivity index (χ0n) is 17.0. The molecule has 1 fully saturated rings. The third-order valence-electron chi connectivity index (χ3n) is 6.32. The fourth-order valence-corrected chi connectivity index (χ4v) is 10.2. The van der Waals surface area contributed by atoms with Crippen LogP contribution in [0.3, 0.4) is 0 Å². The summed E-state index contributed by atoms with van der Waals surface area (Å²) in [5, 5.41) is 1.38. The van der Waals surface area contributed by atoms with E-state index in [1.165, 1.54) is 46.4 Å². The SMILES string of the molecule is C=CCN1C[C@H](C(=O)N(C)C)C=C2c3ccc(CI4CC4)c4[nH]c(Br)c(c34)C[C@H]21. The van der Waals surface area contributed by atoms with Crippen LogP contribution in [0.4, 0.5) is 0 Å². The van der Waals surface area contributed by atoms with Crippen molar-refractivity contribution in [2.75, 3.05) is 36.0 Å². The normalized spacial score (nSPS) is 24.2. The van der Waals surface area contributed by atoms with Crippen molar-refractivity contribution in [1.82, 2.24) is 14.8 Å². The maximum atomic E-state index is 12.8.